The van der Waals surface area contributed by atoms with Gasteiger partial charge in [-0.15, -0.1) is 0 Å². The summed E-state index contributed by atoms with van der Waals surface area (Å²) in [5, 5.41) is 8.76. The number of aldehydes is 1. The Hall–Kier alpha value is -0.287. The van der Waals surface area contributed by atoms with Gasteiger partial charge in [0.05, 0.1) is 12.5 Å². The molecular weight excluding hydrogens is 574 g/mol. The Bertz CT molecular complexity index is 563. The molecule has 0 aromatic rings. The first-order valence-corrected chi connectivity index (χ1v) is 15.2. The first-order valence-electron chi connectivity index (χ1n) is 14.3. The number of ether oxygens (including phenoxy) is 1. The zero-order valence-electron chi connectivity index (χ0n) is 23.0. The molecule has 4 saturated carbocycles. The SMILES string of the molecule is O=CC1CC[CH-]CC1.[CH2-]C1CCC(CO)CC1.[CH2-]C1CCC(COC(=O)C2CC[CH-]CC2)CC1.[O]=[Co].[O]=[Co]. The molecule has 0 bridgehead atoms. The van der Waals surface area contributed by atoms with Crippen LogP contribution in [0, 0.1) is 62.2 Å². The summed E-state index contributed by atoms with van der Waals surface area (Å²) < 4.78 is 21.4. The van der Waals surface area contributed by atoms with Crippen LogP contribution in [-0.4, -0.2) is 30.6 Å². The van der Waals surface area contributed by atoms with E-state index in [1.54, 1.807) is 0 Å². The molecule has 0 unspecified atom stereocenters. The van der Waals surface area contributed by atoms with Gasteiger partial charge in [-0.2, -0.15) is 37.5 Å². The van der Waals surface area contributed by atoms with E-state index in [2.05, 4.69) is 58.0 Å². The summed E-state index contributed by atoms with van der Waals surface area (Å²) in [7, 11) is 0. The van der Waals surface area contributed by atoms with E-state index in [1.165, 1.54) is 51.4 Å². The molecule has 0 amide bonds. The van der Waals surface area contributed by atoms with Crippen LogP contribution in [-0.2, 0) is 53.4 Å². The van der Waals surface area contributed by atoms with Gasteiger partial charge in [0.15, 0.2) is 0 Å². The number of esters is 1. The summed E-state index contributed by atoms with van der Waals surface area (Å²) in [6.45, 7) is 9.10. The number of carbonyl (C=O) groups is 2. The number of hydrogen-bond donors (Lipinski definition) is 1. The first kappa shape index (κ1) is 37.7. The minimum atomic E-state index is 0.0508. The van der Waals surface area contributed by atoms with Gasteiger partial charge in [0.25, 0.3) is 0 Å². The van der Waals surface area contributed by atoms with Crippen molar-refractivity contribution in [2.45, 2.75) is 103 Å². The van der Waals surface area contributed by atoms with Gasteiger partial charge in [-0.3, -0.25) is 4.79 Å². The number of hydrogen-bond acceptors (Lipinski definition) is 6. The molecule has 4 aliphatic carbocycles. The van der Waals surface area contributed by atoms with Gasteiger partial charge < -0.3 is 41.3 Å². The third-order valence-corrected chi connectivity index (χ3v) is 8.10. The van der Waals surface area contributed by atoms with E-state index in [9.17, 15) is 9.59 Å². The fraction of sp³-hybridized carbons (Fsp3) is 0.800. The topological polar surface area (TPSA) is 97.7 Å². The second-order valence-electron chi connectivity index (χ2n) is 11.1. The normalized spacial score (nSPS) is 27.7. The van der Waals surface area contributed by atoms with Gasteiger partial charge in [-0.1, -0.05) is 64.2 Å². The molecule has 8 heteroatoms. The van der Waals surface area contributed by atoms with Crippen molar-refractivity contribution < 1.29 is 58.5 Å². The predicted molar refractivity (Wildman–Crippen MR) is 140 cm³/mol. The van der Waals surface area contributed by atoms with Crippen LogP contribution in [0.5, 0.6) is 0 Å². The van der Waals surface area contributed by atoms with Crippen molar-refractivity contribution in [3.05, 3.63) is 26.7 Å². The molecule has 4 fully saturated rings. The molecule has 4 aliphatic rings. The van der Waals surface area contributed by atoms with Crippen molar-refractivity contribution in [2.24, 2.45) is 35.5 Å². The van der Waals surface area contributed by atoms with Crippen LogP contribution in [0.15, 0.2) is 0 Å². The molecule has 228 valence electrons. The van der Waals surface area contributed by atoms with Crippen LogP contribution in [0.25, 0.3) is 0 Å². The Morgan fingerprint density at radius 1 is 0.737 bits per heavy atom. The molecule has 0 aromatic heterocycles. The summed E-state index contributed by atoms with van der Waals surface area (Å²) in [4.78, 5) is 22.0. The van der Waals surface area contributed by atoms with Crippen LogP contribution in [0.1, 0.15) is 103 Å². The van der Waals surface area contributed by atoms with E-state index in [0.717, 1.165) is 57.7 Å². The van der Waals surface area contributed by atoms with Crippen molar-refractivity contribution in [3.8, 4) is 0 Å². The van der Waals surface area contributed by atoms with Crippen molar-refractivity contribution in [2.75, 3.05) is 13.2 Å². The Labute approximate surface area is 248 Å². The monoisotopic (exact) mass is 624 g/mol. The van der Waals surface area contributed by atoms with Crippen LogP contribution < -0.4 is 0 Å². The van der Waals surface area contributed by atoms with Gasteiger partial charge in [0.2, 0.25) is 0 Å². The maximum absolute atomic E-state index is 11.9. The molecule has 0 aliphatic heterocycles. The van der Waals surface area contributed by atoms with Gasteiger partial charge in [-0.05, 0) is 24.7 Å². The van der Waals surface area contributed by atoms with E-state index in [1.807, 2.05) is 0 Å². The second kappa shape index (κ2) is 25.7. The van der Waals surface area contributed by atoms with Crippen LogP contribution in [0.4, 0.5) is 0 Å². The first-order chi connectivity index (χ1) is 18.5. The predicted octanol–water partition coefficient (Wildman–Crippen LogP) is 6.52. The van der Waals surface area contributed by atoms with E-state index in [4.69, 9.17) is 17.6 Å². The molecule has 0 radical (unpaired) electrons. The Morgan fingerprint density at radius 3 is 1.55 bits per heavy atom. The summed E-state index contributed by atoms with van der Waals surface area (Å²) >= 11 is 4.62. The average Bonchev–Trinajstić information content (AvgIpc) is 3.00. The van der Waals surface area contributed by atoms with E-state index >= 15 is 0 Å². The fourth-order valence-corrected chi connectivity index (χ4v) is 5.38. The summed E-state index contributed by atoms with van der Waals surface area (Å²) in [6, 6.07) is 0. The van der Waals surface area contributed by atoms with E-state index in [0.29, 0.717) is 42.8 Å². The zero-order chi connectivity index (χ0) is 28.6. The molecule has 0 heterocycles. The van der Waals surface area contributed by atoms with Crippen LogP contribution in [0.3, 0.4) is 0 Å². The Balaban J connectivity index is 0.000000551. The van der Waals surface area contributed by atoms with Crippen molar-refractivity contribution in [1.29, 1.82) is 0 Å². The summed E-state index contributed by atoms with van der Waals surface area (Å²) in [6.07, 6.45) is 23.8. The van der Waals surface area contributed by atoms with E-state index in [-0.39, 0.29) is 11.9 Å². The van der Waals surface area contributed by atoms with Crippen molar-refractivity contribution in [1.82, 2.24) is 0 Å². The minimum absolute atomic E-state index is 0.0508. The van der Waals surface area contributed by atoms with Gasteiger partial charge in [-0.25, -0.2) is 0 Å². The number of carbonyl (C=O) groups excluding carboxylic acids is 2. The maximum atomic E-state index is 11.9. The standard InChI is InChI=1S/C15H24O2.C8H15O.C7H11O.2Co.2O/c1-12-7-9-13(10-8-12)11-17-15(16)14-5-3-2-4-6-14;1-7-2-4-8(6-9)5-3-7;8-6-7-4-2-1-3-5-7;;;;/h2,12-14H,1,3-11H2;7-9H,1-6H2;1,6-7H,2-5H2;;;;/q-2;2*-1;;;;. The molecular formula is C30H50Co2O6-4. The molecule has 1 N–H and O–H groups in total. The van der Waals surface area contributed by atoms with Crippen LogP contribution >= 0.6 is 0 Å². The molecule has 0 saturated heterocycles. The third-order valence-electron chi connectivity index (χ3n) is 8.10. The summed E-state index contributed by atoms with van der Waals surface area (Å²) in [5.74, 6) is 3.05. The molecule has 4 rings (SSSR count). The Kier molecular flexibility index (Phi) is 25.5. The average molecular weight is 625 g/mol. The quantitative estimate of drug-likeness (QED) is 0.213. The second-order valence-corrected chi connectivity index (χ2v) is 11.1. The van der Waals surface area contributed by atoms with E-state index < -0.39 is 0 Å². The van der Waals surface area contributed by atoms with Gasteiger partial charge >= 0.3 is 45.0 Å². The number of aliphatic hydroxyl groups is 1. The molecule has 0 atom stereocenters. The Morgan fingerprint density at radius 2 is 1.16 bits per heavy atom. The van der Waals surface area contributed by atoms with Gasteiger partial charge in [0, 0.05) is 12.5 Å². The fourth-order valence-electron chi connectivity index (χ4n) is 5.38. The van der Waals surface area contributed by atoms with Crippen LogP contribution in [0.2, 0.25) is 0 Å². The summed E-state index contributed by atoms with van der Waals surface area (Å²) in [5.41, 5.74) is 0. The van der Waals surface area contributed by atoms with Crippen molar-refractivity contribution >= 4 is 12.3 Å². The number of aliphatic hydroxyl groups excluding tert-OH is 1. The molecule has 0 spiro atoms. The number of rotatable bonds is 5. The third kappa shape index (κ3) is 18.1. The van der Waals surface area contributed by atoms with Gasteiger partial charge in [0.1, 0.15) is 6.29 Å². The van der Waals surface area contributed by atoms with Crippen molar-refractivity contribution in [3.63, 3.8) is 0 Å². The molecule has 0 aromatic carbocycles. The molecule has 6 nitrogen and oxygen atoms in total. The zero-order valence-corrected chi connectivity index (χ0v) is 25.1. The molecule has 38 heavy (non-hydrogen) atoms.